The molecule has 23 heavy (non-hydrogen) atoms. The quantitative estimate of drug-likeness (QED) is 0.777. The van der Waals surface area contributed by atoms with Crippen molar-refractivity contribution in [2.24, 2.45) is 0 Å². The maximum absolute atomic E-state index is 12.4. The van der Waals surface area contributed by atoms with Gasteiger partial charge in [0.2, 0.25) is 10.0 Å². The van der Waals surface area contributed by atoms with Crippen LogP contribution >= 0.6 is 0 Å². The van der Waals surface area contributed by atoms with E-state index in [9.17, 15) is 18.3 Å². The van der Waals surface area contributed by atoms with Gasteiger partial charge in [-0.15, -0.1) is 0 Å². The molecule has 3 heterocycles. The van der Waals surface area contributed by atoms with E-state index in [1.165, 1.54) is 34.2 Å². The number of carbonyl (C=O) groups excluding carboxylic acids is 1. The molecular weight excluding hydrogens is 320 g/mol. The largest absolute Gasteiger partial charge is 0.389 e. The molecule has 9 heteroatoms. The lowest BCUT2D eigenvalue weighted by atomic mass is 9.83. The SMILES string of the molecule is CS(=O)(=O)N1CCC[C@@]12CCN(C(=O)c1cncnc1)C[C@@H]2O. The molecule has 8 nitrogen and oxygen atoms in total. The number of aliphatic hydroxyl groups is 1. The number of aromatic nitrogens is 2. The molecule has 0 unspecified atom stereocenters. The minimum atomic E-state index is -3.38. The number of rotatable bonds is 2. The van der Waals surface area contributed by atoms with Gasteiger partial charge in [0.05, 0.1) is 23.5 Å². The van der Waals surface area contributed by atoms with E-state index in [-0.39, 0.29) is 12.5 Å². The standard InChI is InChI=1S/C14H20N4O4S/c1-23(21,22)18-5-2-3-14(18)4-6-17(9-12(14)19)13(20)11-7-15-10-16-8-11/h7-8,10,12,19H,2-6,9H2,1H3/t12-,14-/m0/s1. The van der Waals surface area contributed by atoms with Crippen LogP contribution < -0.4 is 0 Å². The minimum absolute atomic E-state index is 0.111. The first kappa shape index (κ1) is 16.3. The van der Waals surface area contributed by atoms with Crippen LogP contribution in [0.4, 0.5) is 0 Å². The Labute approximate surface area is 135 Å². The lowest BCUT2D eigenvalue weighted by Gasteiger charge is -2.47. The van der Waals surface area contributed by atoms with E-state index in [1.54, 1.807) is 0 Å². The molecular formula is C14H20N4O4S. The molecule has 3 rings (SSSR count). The fraction of sp³-hybridized carbons (Fsp3) is 0.643. The second kappa shape index (κ2) is 5.81. The van der Waals surface area contributed by atoms with E-state index in [1.807, 2.05) is 0 Å². The average molecular weight is 340 g/mol. The van der Waals surface area contributed by atoms with Crippen LogP contribution in [-0.2, 0) is 10.0 Å². The van der Waals surface area contributed by atoms with Gasteiger partial charge >= 0.3 is 0 Å². The van der Waals surface area contributed by atoms with Crippen molar-refractivity contribution in [3.63, 3.8) is 0 Å². The topological polar surface area (TPSA) is 104 Å². The smallest absolute Gasteiger partial charge is 0.257 e. The van der Waals surface area contributed by atoms with Gasteiger partial charge in [0, 0.05) is 32.0 Å². The Morgan fingerprint density at radius 3 is 2.61 bits per heavy atom. The van der Waals surface area contributed by atoms with Crippen LogP contribution in [0.25, 0.3) is 0 Å². The second-order valence-electron chi connectivity index (χ2n) is 6.19. The van der Waals surface area contributed by atoms with Crippen LogP contribution in [0.15, 0.2) is 18.7 Å². The number of piperidine rings is 1. The Morgan fingerprint density at radius 1 is 1.30 bits per heavy atom. The van der Waals surface area contributed by atoms with Crippen molar-refractivity contribution >= 4 is 15.9 Å². The molecule has 0 bridgehead atoms. The van der Waals surface area contributed by atoms with Gasteiger partial charge in [-0.05, 0) is 19.3 Å². The van der Waals surface area contributed by atoms with Crippen molar-refractivity contribution in [2.45, 2.75) is 30.9 Å². The van der Waals surface area contributed by atoms with E-state index in [0.717, 1.165) is 6.42 Å². The van der Waals surface area contributed by atoms with Gasteiger partial charge in [-0.1, -0.05) is 0 Å². The zero-order valence-corrected chi connectivity index (χ0v) is 13.7. The van der Waals surface area contributed by atoms with E-state index in [2.05, 4.69) is 9.97 Å². The van der Waals surface area contributed by atoms with Crippen LogP contribution in [0.3, 0.4) is 0 Å². The van der Waals surface area contributed by atoms with Crippen LogP contribution in [0.2, 0.25) is 0 Å². The maximum Gasteiger partial charge on any atom is 0.257 e. The highest BCUT2D eigenvalue weighted by molar-refractivity contribution is 7.88. The number of hydrogen-bond donors (Lipinski definition) is 1. The molecule has 2 saturated heterocycles. The molecule has 0 aliphatic carbocycles. The van der Waals surface area contributed by atoms with Crippen LogP contribution in [0.1, 0.15) is 29.6 Å². The highest BCUT2D eigenvalue weighted by Crippen LogP contribution is 2.40. The zero-order valence-electron chi connectivity index (χ0n) is 12.9. The number of sulfonamides is 1. The lowest BCUT2D eigenvalue weighted by molar-refractivity contribution is -0.0292. The van der Waals surface area contributed by atoms with Crippen LogP contribution in [0, 0.1) is 0 Å². The van der Waals surface area contributed by atoms with Gasteiger partial charge in [-0.3, -0.25) is 4.79 Å². The summed E-state index contributed by atoms with van der Waals surface area (Å²) in [6, 6.07) is 0. The molecule has 2 aliphatic rings. The predicted molar refractivity (Wildman–Crippen MR) is 82.1 cm³/mol. The summed E-state index contributed by atoms with van der Waals surface area (Å²) >= 11 is 0. The second-order valence-corrected chi connectivity index (χ2v) is 8.09. The zero-order chi connectivity index (χ0) is 16.7. The Kier molecular flexibility index (Phi) is 4.11. The minimum Gasteiger partial charge on any atom is -0.389 e. The van der Waals surface area contributed by atoms with Crippen molar-refractivity contribution in [3.05, 3.63) is 24.3 Å². The Hall–Kier alpha value is -1.58. The van der Waals surface area contributed by atoms with Crippen molar-refractivity contribution in [1.29, 1.82) is 0 Å². The van der Waals surface area contributed by atoms with Crippen LogP contribution in [0.5, 0.6) is 0 Å². The Bertz CT molecular complexity index is 696. The first-order valence-corrected chi connectivity index (χ1v) is 9.39. The van der Waals surface area contributed by atoms with E-state index in [4.69, 9.17) is 0 Å². The van der Waals surface area contributed by atoms with Gasteiger partial charge < -0.3 is 10.0 Å². The molecule has 1 spiro atoms. The molecule has 0 radical (unpaired) electrons. The third kappa shape index (κ3) is 2.84. The summed E-state index contributed by atoms with van der Waals surface area (Å²) in [6.07, 6.45) is 6.27. The van der Waals surface area contributed by atoms with Gasteiger partial charge in [-0.2, -0.15) is 4.31 Å². The summed E-state index contributed by atoms with van der Waals surface area (Å²) < 4.78 is 25.4. The fourth-order valence-corrected chi connectivity index (χ4v) is 5.12. The molecule has 0 saturated carbocycles. The molecule has 126 valence electrons. The number of hydrogen-bond acceptors (Lipinski definition) is 6. The fourth-order valence-electron chi connectivity index (χ4n) is 3.70. The summed E-state index contributed by atoms with van der Waals surface area (Å²) in [5.41, 5.74) is -0.417. The van der Waals surface area contributed by atoms with Gasteiger partial charge in [0.1, 0.15) is 6.33 Å². The third-order valence-corrected chi connectivity index (χ3v) is 6.14. The summed E-state index contributed by atoms with van der Waals surface area (Å²) in [5, 5.41) is 10.6. The highest BCUT2D eigenvalue weighted by atomic mass is 32.2. The van der Waals surface area contributed by atoms with Crippen molar-refractivity contribution in [3.8, 4) is 0 Å². The van der Waals surface area contributed by atoms with E-state index >= 15 is 0 Å². The molecule has 2 atom stereocenters. The maximum atomic E-state index is 12.4. The summed E-state index contributed by atoms with van der Waals surface area (Å²) in [6.45, 7) is 0.937. The first-order chi connectivity index (χ1) is 10.8. The third-order valence-electron chi connectivity index (χ3n) is 4.79. The summed E-state index contributed by atoms with van der Waals surface area (Å²) in [7, 11) is -3.38. The molecule has 1 aromatic rings. The van der Waals surface area contributed by atoms with Crippen molar-refractivity contribution < 1.29 is 18.3 Å². The highest BCUT2D eigenvalue weighted by Gasteiger charge is 2.53. The molecule has 1 aromatic heterocycles. The molecule has 0 aromatic carbocycles. The summed E-state index contributed by atoms with van der Waals surface area (Å²) in [4.78, 5) is 21.6. The van der Waals surface area contributed by atoms with Gasteiger partial charge in [-0.25, -0.2) is 18.4 Å². The number of nitrogens with zero attached hydrogens (tertiary/aromatic N) is 4. The number of amides is 1. The van der Waals surface area contributed by atoms with Gasteiger partial charge in [0.15, 0.2) is 0 Å². The molecule has 1 N–H and O–H groups in total. The number of carbonyl (C=O) groups is 1. The van der Waals surface area contributed by atoms with Crippen molar-refractivity contribution in [1.82, 2.24) is 19.2 Å². The number of aliphatic hydroxyl groups excluding tert-OH is 1. The normalized spacial score (nSPS) is 29.1. The molecule has 2 aliphatic heterocycles. The van der Waals surface area contributed by atoms with Gasteiger partial charge in [0.25, 0.3) is 5.91 Å². The van der Waals surface area contributed by atoms with E-state index < -0.39 is 21.7 Å². The summed E-state index contributed by atoms with van der Waals surface area (Å²) in [5.74, 6) is -0.247. The number of β-amino-alcohol motifs (C(OH)–C–C–N with tert-alkyl or cyclic N) is 1. The number of likely N-dealkylation sites (tertiary alicyclic amines) is 1. The monoisotopic (exact) mass is 340 g/mol. The molecule has 1 amide bonds. The Morgan fingerprint density at radius 2 is 2.00 bits per heavy atom. The predicted octanol–water partition coefficient (Wildman–Crippen LogP) is -0.522. The first-order valence-electron chi connectivity index (χ1n) is 7.55. The Balaban J connectivity index is 1.79. The van der Waals surface area contributed by atoms with Crippen molar-refractivity contribution in [2.75, 3.05) is 25.9 Å². The average Bonchev–Trinajstić information content (AvgIpc) is 2.95. The van der Waals surface area contributed by atoms with E-state index in [0.29, 0.717) is 31.5 Å². The lowest BCUT2D eigenvalue weighted by Crippen LogP contribution is -2.63. The molecule has 2 fully saturated rings. The van der Waals surface area contributed by atoms with Crippen LogP contribution in [-0.4, -0.2) is 76.1 Å².